The predicted octanol–water partition coefficient (Wildman–Crippen LogP) is 23.1. The van der Waals surface area contributed by atoms with Crippen molar-refractivity contribution in [1.29, 1.82) is 0 Å². The largest absolute Gasteiger partial charge is 0.472 e. The van der Waals surface area contributed by atoms with E-state index in [1.807, 2.05) is 91.5 Å². The van der Waals surface area contributed by atoms with Crippen molar-refractivity contribution in [3.63, 3.8) is 0 Å². The van der Waals surface area contributed by atoms with Crippen LogP contribution in [0.2, 0.25) is 0 Å². The van der Waals surface area contributed by atoms with E-state index in [2.05, 4.69) is 309 Å². The Morgan fingerprint density at radius 1 is 0.330 bits per heavy atom. The van der Waals surface area contributed by atoms with Crippen LogP contribution in [0.15, 0.2) is 279 Å². The monoisotopic (exact) mass is 1630 g/mol. The first-order valence-electron chi connectivity index (χ1n) is 32.3. The number of aromatic nitrogens is 4. The van der Waals surface area contributed by atoms with Gasteiger partial charge in [-0.25, -0.2) is 4.79 Å². The van der Waals surface area contributed by atoms with Gasteiger partial charge < -0.3 is 20.1 Å². The number of carbonyl (C=O) groups is 1. The van der Waals surface area contributed by atoms with E-state index in [9.17, 15) is 4.79 Å². The molecule has 0 aliphatic carbocycles. The number of hydrogen-bond donors (Lipinski definition) is 1. The molecule has 6 nitrogen and oxygen atoms in total. The quantitative estimate of drug-likeness (QED) is 0.0880. The van der Waals surface area contributed by atoms with Gasteiger partial charge in [0.05, 0.1) is 12.6 Å². The molecule has 12 aromatic rings. The molecule has 2 radical (unpaired) electrons. The Hall–Kier alpha value is -9.22. The third-order valence-corrected chi connectivity index (χ3v) is 15.6. The SMILES string of the molecule is CC(=O)[C+]=C(C)O.CC(C)(C)c1cc(-c2[c-]cccc2)ncc1-c1ccccc1.CC(C)(C)c1cc(-c2[c-]cccc2)ncc1-c1ccccc1.CC(C)(C)c1ccc(-c2[c-]ccc(-c3ccccc3)c2)nc1.CC(C)(C)c1ccc(-c2cccc(-c3ccccc3)c2)nc1.[Ir].[Ir]. The third kappa shape index (κ3) is 23.0. The standard InChI is InChI=1S/2C21H20N.C21H21N.C21H20N.C5H6O2.2Ir/c2*1-21(2,3)19-14-20(17-12-8-5-9-13-17)22-15-18(19)16-10-6-4-7-11-16;2*1-21(2,3)19-12-13-20(22-15-19)18-11-7-10-17(14-18)16-8-5-4-6-9-16;1-4(6)3-5(2)7;;/h2*4-12,14-15H,1-3H3;4-15H,1-3H3;4-10,12-15H,1-3H3;1-2H3;;/q2*-1;;-1;;;/p+1. The summed E-state index contributed by atoms with van der Waals surface area (Å²) in [6.07, 6.45) is 10.1. The number of aliphatic hydroxyl groups excluding tert-OH is 1. The van der Waals surface area contributed by atoms with Crippen molar-refractivity contribution in [2.45, 2.75) is 119 Å². The number of nitrogens with zero attached hydrogens (tertiary/aromatic N) is 4. The Balaban J connectivity index is 0.000000196. The van der Waals surface area contributed by atoms with Crippen LogP contribution >= 0.6 is 0 Å². The summed E-state index contributed by atoms with van der Waals surface area (Å²) in [6.45, 7) is 29.4. The Morgan fingerprint density at radius 2 is 0.691 bits per heavy atom. The average Bonchev–Trinajstić information content (AvgIpc) is 0.804. The van der Waals surface area contributed by atoms with Gasteiger partial charge in [0.15, 0.2) is 0 Å². The normalized spacial score (nSPS) is 11.1. The number of carbonyl (C=O) groups excluding carboxylic acids is 1. The molecule has 0 fully saturated rings. The number of benzene rings is 8. The molecule has 0 atom stereocenters. The Labute approximate surface area is 605 Å². The van der Waals surface area contributed by atoms with E-state index in [1.165, 1.54) is 80.6 Å². The number of allylic oxidation sites excluding steroid dienone is 2. The number of hydrogen-bond acceptors (Lipinski definition) is 6. The van der Waals surface area contributed by atoms with Crippen LogP contribution in [0, 0.1) is 24.3 Å². The molecule has 496 valence electrons. The van der Waals surface area contributed by atoms with E-state index in [-0.39, 0.29) is 73.4 Å². The summed E-state index contributed by atoms with van der Waals surface area (Å²) in [7, 11) is 0. The number of ketones is 1. The van der Waals surface area contributed by atoms with E-state index in [1.54, 1.807) is 0 Å². The zero-order valence-corrected chi connectivity index (χ0v) is 63.1. The van der Waals surface area contributed by atoms with Crippen LogP contribution in [0.3, 0.4) is 0 Å². The van der Waals surface area contributed by atoms with Gasteiger partial charge in [0.2, 0.25) is 0 Å². The summed E-state index contributed by atoms with van der Waals surface area (Å²) < 4.78 is 0. The molecule has 8 heteroatoms. The fraction of sp³-hybridized carbons (Fsp3) is 0.202. The van der Waals surface area contributed by atoms with Gasteiger partial charge in [-0.3, -0.25) is 4.98 Å². The van der Waals surface area contributed by atoms with E-state index in [4.69, 9.17) is 5.11 Å². The second-order valence-electron chi connectivity index (χ2n) is 27.4. The van der Waals surface area contributed by atoms with Crippen LogP contribution in [-0.4, -0.2) is 30.8 Å². The van der Waals surface area contributed by atoms with E-state index in [0.717, 1.165) is 45.0 Å². The van der Waals surface area contributed by atoms with Crippen molar-refractivity contribution in [3.05, 3.63) is 326 Å². The van der Waals surface area contributed by atoms with Gasteiger partial charge in [0, 0.05) is 88.6 Å². The zero-order chi connectivity index (χ0) is 68.2. The van der Waals surface area contributed by atoms with Crippen molar-refractivity contribution in [3.8, 4) is 89.5 Å². The topological polar surface area (TPSA) is 88.9 Å². The number of Topliss-reactive ketones (excluding diaryl/α,β-unsaturated/α-hetero) is 1. The molecular weight excluding hydrogens is 1540 g/mol. The third-order valence-electron chi connectivity index (χ3n) is 15.6. The summed E-state index contributed by atoms with van der Waals surface area (Å²) in [4.78, 5) is 28.6. The fourth-order valence-corrected chi connectivity index (χ4v) is 10.4. The molecular formula is C89H88Ir2N4O2-2. The first-order chi connectivity index (χ1) is 45.3. The maximum Gasteiger partial charge on any atom is 0.392 e. The second-order valence-corrected chi connectivity index (χ2v) is 27.4. The second kappa shape index (κ2) is 35.7. The van der Waals surface area contributed by atoms with Crippen LogP contribution in [0.5, 0.6) is 0 Å². The first-order valence-corrected chi connectivity index (χ1v) is 32.3. The Morgan fingerprint density at radius 3 is 1.04 bits per heavy atom. The summed E-state index contributed by atoms with van der Waals surface area (Å²) in [5, 5.41) is 8.31. The van der Waals surface area contributed by atoms with Gasteiger partial charge in [-0.15, -0.1) is 107 Å². The smallest absolute Gasteiger partial charge is 0.392 e. The summed E-state index contributed by atoms with van der Waals surface area (Å²) in [5.41, 5.74) is 23.4. The van der Waals surface area contributed by atoms with Crippen molar-refractivity contribution in [2.24, 2.45) is 0 Å². The average molecular weight is 1630 g/mol. The number of pyridine rings is 4. The van der Waals surface area contributed by atoms with Gasteiger partial charge in [-0.05, 0) is 101 Å². The van der Waals surface area contributed by atoms with Crippen molar-refractivity contribution in [2.75, 3.05) is 0 Å². The van der Waals surface area contributed by atoms with Crippen LogP contribution in [0.4, 0.5) is 0 Å². The number of rotatable bonds is 9. The molecule has 0 spiro atoms. The molecule has 0 unspecified atom stereocenters. The minimum atomic E-state index is -0.250. The van der Waals surface area contributed by atoms with Gasteiger partial charge in [-0.1, -0.05) is 253 Å². The molecule has 0 aliphatic rings. The molecule has 12 rings (SSSR count). The van der Waals surface area contributed by atoms with Gasteiger partial charge in [0.25, 0.3) is 0 Å². The molecule has 1 N–H and O–H groups in total. The van der Waals surface area contributed by atoms with E-state index < -0.39 is 0 Å². The molecule has 0 amide bonds. The number of aliphatic hydroxyl groups is 1. The van der Waals surface area contributed by atoms with Gasteiger partial charge >= 0.3 is 17.6 Å². The molecule has 0 bridgehead atoms. The maximum absolute atomic E-state index is 9.96. The minimum Gasteiger partial charge on any atom is -0.472 e. The molecule has 0 saturated carbocycles. The molecule has 0 saturated heterocycles. The summed E-state index contributed by atoms with van der Waals surface area (Å²) >= 11 is 0. The Bertz CT molecular complexity index is 4110. The van der Waals surface area contributed by atoms with Crippen LogP contribution < -0.4 is 0 Å². The molecule has 8 aromatic carbocycles. The maximum atomic E-state index is 9.96. The van der Waals surface area contributed by atoms with Crippen molar-refractivity contribution < 1.29 is 50.1 Å². The van der Waals surface area contributed by atoms with E-state index >= 15 is 0 Å². The molecule has 97 heavy (non-hydrogen) atoms. The summed E-state index contributed by atoms with van der Waals surface area (Å²) in [6, 6.07) is 95.2. The van der Waals surface area contributed by atoms with E-state index in [0.29, 0.717) is 0 Å². The Kier molecular flexibility index (Phi) is 28.2. The van der Waals surface area contributed by atoms with Crippen LogP contribution in [0.25, 0.3) is 89.5 Å². The minimum absolute atomic E-state index is 0. The van der Waals surface area contributed by atoms with Gasteiger partial charge in [-0.2, -0.15) is 0 Å². The molecule has 0 aliphatic heterocycles. The first kappa shape index (κ1) is 76.8. The van der Waals surface area contributed by atoms with Crippen LogP contribution in [0.1, 0.15) is 119 Å². The zero-order valence-electron chi connectivity index (χ0n) is 58.3. The predicted molar refractivity (Wildman–Crippen MR) is 397 cm³/mol. The van der Waals surface area contributed by atoms with Gasteiger partial charge in [0.1, 0.15) is 0 Å². The summed E-state index contributed by atoms with van der Waals surface area (Å²) in [5.74, 6) is -0.312. The molecule has 4 aromatic heterocycles. The fourth-order valence-electron chi connectivity index (χ4n) is 10.4. The molecule has 4 heterocycles. The van der Waals surface area contributed by atoms with Crippen molar-refractivity contribution >= 4 is 5.78 Å². The van der Waals surface area contributed by atoms with Crippen molar-refractivity contribution in [1.82, 2.24) is 19.9 Å². The van der Waals surface area contributed by atoms with Crippen LogP contribution in [-0.2, 0) is 66.7 Å².